The van der Waals surface area contributed by atoms with E-state index < -0.39 is 5.56 Å². The number of benzene rings is 1. The van der Waals surface area contributed by atoms with Gasteiger partial charge in [0.2, 0.25) is 0 Å². The molecule has 4 rings (SSSR count). The van der Waals surface area contributed by atoms with Crippen molar-refractivity contribution < 1.29 is 19.0 Å². The molecule has 1 aliphatic heterocycles. The molecule has 3 atom stereocenters. The number of hydrogen-bond donors (Lipinski definition) is 1. The van der Waals surface area contributed by atoms with E-state index in [1.54, 1.807) is 24.1 Å². The van der Waals surface area contributed by atoms with E-state index in [-0.39, 0.29) is 42.0 Å². The molecule has 0 radical (unpaired) electrons. The molecule has 2 fully saturated rings. The van der Waals surface area contributed by atoms with E-state index in [9.17, 15) is 19.1 Å². The van der Waals surface area contributed by atoms with Crippen LogP contribution in [0, 0.1) is 18.7 Å². The van der Waals surface area contributed by atoms with Gasteiger partial charge in [-0.15, -0.1) is 0 Å². The number of hydrogen-bond acceptors (Lipinski definition) is 4. The zero-order valence-corrected chi connectivity index (χ0v) is 15.7. The Bertz CT molecular complexity index is 940. The summed E-state index contributed by atoms with van der Waals surface area (Å²) in [6.45, 7) is 2.65. The van der Waals surface area contributed by atoms with Gasteiger partial charge in [-0.25, -0.2) is 4.39 Å². The van der Waals surface area contributed by atoms with E-state index in [2.05, 4.69) is 0 Å². The molecule has 28 heavy (non-hydrogen) atoms. The van der Waals surface area contributed by atoms with Gasteiger partial charge in [0.25, 0.3) is 11.5 Å². The number of aliphatic hydroxyl groups excluding tert-OH is 1. The summed E-state index contributed by atoms with van der Waals surface area (Å²) in [5, 5.41) is 9.49. The summed E-state index contributed by atoms with van der Waals surface area (Å²) in [6, 6.07) is 7.17. The molecule has 1 saturated carbocycles. The fraction of sp³-hybridized carbons (Fsp3) is 0.429. The maximum atomic E-state index is 13.4. The van der Waals surface area contributed by atoms with Gasteiger partial charge in [0.1, 0.15) is 11.4 Å². The van der Waals surface area contributed by atoms with Gasteiger partial charge in [-0.05, 0) is 61.6 Å². The van der Waals surface area contributed by atoms with E-state index in [4.69, 9.17) is 4.74 Å². The normalized spacial score (nSPS) is 24.2. The molecule has 1 saturated heterocycles. The van der Waals surface area contributed by atoms with E-state index in [0.29, 0.717) is 30.8 Å². The van der Waals surface area contributed by atoms with E-state index >= 15 is 0 Å². The van der Waals surface area contributed by atoms with Crippen molar-refractivity contribution in [2.45, 2.75) is 31.9 Å². The van der Waals surface area contributed by atoms with Crippen molar-refractivity contribution in [1.82, 2.24) is 9.47 Å². The predicted molar refractivity (Wildman–Crippen MR) is 101 cm³/mol. The number of carbonyl (C=O) groups is 1. The van der Waals surface area contributed by atoms with Gasteiger partial charge in [-0.1, -0.05) is 0 Å². The lowest BCUT2D eigenvalue weighted by Gasteiger charge is -2.37. The van der Waals surface area contributed by atoms with Crippen LogP contribution in [-0.2, 0) is 4.74 Å². The first-order valence-corrected chi connectivity index (χ1v) is 9.51. The Hall–Kier alpha value is -2.51. The molecule has 0 bridgehead atoms. The van der Waals surface area contributed by atoms with Crippen molar-refractivity contribution in [2.75, 3.05) is 19.8 Å². The fourth-order valence-electron chi connectivity index (χ4n) is 4.29. The van der Waals surface area contributed by atoms with Crippen molar-refractivity contribution >= 4 is 5.91 Å². The molecule has 1 amide bonds. The first-order chi connectivity index (χ1) is 13.5. The third kappa shape index (κ3) is 3.25. The number of rotatable bonds is 3. The second-order valence-corrected chi connectivity index (χ2v) is 7.52. The van der Waals surface area contributed by atoms with Crippen molar-refractivity contribution in [3.63, 3.8) is 0 Å². The van der Waals surface area contributed by atoms with Crippen molar-refractivity contribution in [3.8, 4) is 5.69 Å². The van der Waals surface area contributed by atoms with Gasteiger partial charge in [-0.3, -0.25) is 14.2 Å². The van der Waals surface area contributed by atoms with Gasteiger partial charge in [0.05, 0.1) is 18.8 Å². The number of halogens is 1. The minimum atomic E-state index is -0.420. The molecule has 0 spiro atoms. The number of carbonyl (C=O) groups excluding carboxylic acids is 1. The quantitative estimate of drug-likeness (QED) is 0.875. The summed E-state index contributed by atoms with van der Waals surface area (Å²) in [5.41, 5.74) is 0.811. The van der Waals surface area contributed by atoms with Crippen LogP contribution in [0.25, 0.3) is 5.69 Å². The number of ether oxygens (including phenoxy) is 1. The molecule has 1 aromatic carbocycles. The number of aliphatic hydroxyl groups is 1. The van der Waals surface area contributed by atoms with Crippen molar-refractivity contribution in [1.29, 1.82) is 0 Å². The molecular weight excluding hydrogens is 363 g/mol. The van der Waals surface area contributed by atoms with Crippen molar-refractivity contribution in [2.24, 2.45) is 5.92 Å². The average Bonchev–Trinajstić information content (AvgIpc) is 3.12. The molecule has 1 aromatic heterocycles. The zero-order valence-electron chi connectivity index (χ0n) is 15.7. The topological polar surface area (TPSA) is 71.8 Å². The Kier molecular flexibility index (Phi) is 5.03. The van der Waals surface area contributed by atoms with Crippen LogP contribution in [0.5, 0.6) is 0 Å². The number of aromatic nitrogens is 1. The first-order valence-electron chi connectivity index (χ1n) is 9.51. The van der Waals surface area contributed by atoms with Crippen LogP contribution >= 0.6 is 0 Å². The lowest BCUT2D eigenvalue weighted by molar-refractivity contribution is -0.0449. The third-order valence-electron chi connectivity index (χ3n) is 5.77. The minimum Gasteiger partial charge on any atom is -0.396 e. The number of fused-ring (bicyclic) bond motifs is 1. The summed E-state index contributed by atoms with van der Waals surface area (Å²) in [5.74, 6) is -0.591. The van der Waals surface area contributed by atoms with Crippen LogP contribution in [0.3, 0.4) is 0 Å². The zero-order chi connectivity index (χ0) is 19.8. The highest BCUT2D eigenvalue weighted by molar-refractivity contribution is 5.95. The maximum absolute atomic E-state index is 13.4. The molecule has 148 valence electrons. The number of aryl methyl sites for hydroxylation is 1. The summed E-state index contributed by atoms with van der Waals surface area (Å²) < 4.78 is 20.4. The lowest BCUT2D eigenvalue weighted by Crippen LogP contribution is -2.52. The Morgan fingerprint density at radius 3 is 2.71 bits per heavy atom. The highest BCUT2D eigenvalue weighted by Crippen LogP contribution is 2.34. The summed E-state index contributed by atoms with van der Waals surface area (Å²) in [4.78, 5) is 28.2. The Morgan fingerprint density at radius 1 is 1.25 bits per heavy atom. The van der Waals surface area contributed by atoms with Crippen LogP contribution in [0.4, 0.5) is 4.39 Å². The van der Waals surface area contributed by atoms with Gasteiger partial charge >= 0.3 is 0 Å². The number of morpholine rings is 1. The SMILES string of the molecule is Cc1ccn(-c2ccc(F)cc2)c(=O)c1C(=O)N1CCO[C@H]2C[C@H](CO)C[C@@H]21. The average molecular weight is 386 g/mol. The Balaban J connectivity index is 1.70. The van der Waals surface area contributed by atoms with Gasteiger partial charge in [0, 0.05) is 25.0 Å². The number of pyridine rings is 1. The molecule has 1 N–H and O–H groups in total. The van der Waals surface area contributed by atoms with E-state index in [1.807, 2.05) is 0 Å². The first kappa shape index (κ1) is 18.8. The van der Waals surface area contributed by atoms with Crippen LogP contribution in [0.2, 0.25) is 0 Å². The van der Waals surface area contributed by atoms with E-state index in [1.165, 1.54) is 28.8 Å². The van der Waals surface area contributed by atoms with Gasteiger partial charge < -0.3 is 14.7 Å². The highest BCUT2D eigenvalue weighted by atomic mass is 19.1. The Morgan fingerprint density at radius 2 is 2.00 bits per heavy atom. The molecule has 2 aliphatic rings. The van der Waals surface area contributed by atoms with E-state index in [0.717, 1.165) is 6.42 Å². The summed E-state index contributed by atoms with van der Waals surface area (Å²) >= 11 is 0. The lowest BCUT2D eigenvalue weighted by atomic mass is 10.1. The van der Waals surface area contributed by atoms with Crippen LogP contribution in [0.1, 0.15) is 28.8 Å². The van der Waals surface area contributed by atoms with Gasteiger partial charge in [0.15, 0.2) is 0 Å². The predicted octanol–water partition coefficient (Wildman–Crippen LogP) is 1.90. The second kappa shape index (κ2) is 7.48. The van der Waals surface area contributed by atoms with Crippen molar-refractivity contribution in [3.05, 3.63) is 63.8 Å². The van der Waals surface area contributed by atoms with Crippen LogP contribution < -0.4 is 5.56 Å². The second-order valence-electron chi connectivity index (χ2n) is 7.52. The van der Waals surface area contributed by atoms with Gasteiger partial charge in [-0.2, -0.15) is 0 Å². The monoisotopic (exact) mass is 386 g/mol. The molecule has 6 nitrogen and oxygen atoms in total. The number of amides is 1. The summed E-state index contributed by atoms with van der Waals surface area (Å²) in [7, 11) is 0. The largest absolute Gasteiger partial charge is 0.396 e. The molecule has 7 heteroatoms. The number of nitrogens with zero attached hydrogens (tertiary/aromatic N) is 2. The van der Waals surface area contributed by atoms with Crippen LogP contribution in [0.15, 0.2) is 41.3 Å². The maximum Gasteiger partial charge on any atom is 0.268 e. The standard InChI is InChI=1S/C21H23FN2O4/c1-13-6-7-23(16-4-2-15(22)3-5-16)20(26)19(13)21(27)24-8-9-28-18-11-14(12-25)10-17(18)24/h2-7,14,17-18,25H,8-12H2,1H3/t14-,17+,18+/m1/s1. The molecule has 1 aliphatic carbocycles. The minimum absolute atomic E-state index is 0.0696. The Labute approximate surface area is 162 Å². The molecular formula is C21H23FN2O4. The smallest absolute Gasteiger partial charge is 0.268 e. The van der Waals surface area contributed by atoms with Crippen LogP contribution in [-0.4, -0.2) is 52.4 Å². The summed E-state index contributed by atoms with van der Waals surface area (Å²) in [6.07, 6.45) is 2.89. The third-order valence-corrected chi connectivity index (χ3v) is 5.77. The fourth-order valence-corrected chi connectivity index (χ4v) is 4.29. The highest BCUT2D eigenvalue weighted by Gasteiger charge is 2.43. The molecule has 2 heterocycles. The molecule has 2 aromatic rings. The molecule has 0 unspecified atom stereocenters.